The van der Waals surface area contributed by atoms with Crippen LogP contribution in [0.4, 0.5) is 11.4 Å². The lowest BCUT2D eigenvalue weighted by Gasteiger charge is -2.11. The first-order chi connectivity index (χ1) is 9.92. The lowest BCUT2D eigenvalue weighted by atomic mass is 10.0. The second kappa shape index (κ2) is 4.49. The molecule has 4 rings (SSSR count). The molecule has 1 aliphatic carbocycles. The lowest BCUT2D eigenvalue weighted by molar-refractivity contribution is 1.25. The zero-order chi connectivity index (χ0) is 13.4. The van der Waals surface area contributed by atoms with Gasteiger partial charge < -0.3 is 5.32 Å². The van der Waals surface area contributed by atoms with Crippen molar-refractivity contribution in [2.45, 2.75) is 6.42 Å². The Kier molecular flexibility index (Phi) is 2.52. The predicted octanol–water partition coefficient (Wildman–Crippen LogP) is 4.40. The van der Waals surface area contributed by atoms with Gasteiger partial charge in [0, 0.05) is 18.3 Å². The summed E-state index contributed by atoms with van der Waals surface area (Å²) in [5, 5.41) is 3.48. The highest BCUT2D eigenvalue weighted by molar-refractivity contribution is 5.83. The van der Waals surface area contributed by atoms with Gasteiger partial charge in [0.05, 0.1) is 11.9 Å². The lowest BCUT2D eigenvalue weighted by Crippen LogP contribution is -1.95. The van der Waals surface area contributed by atoms with E-state index < -0.39 is 0 Å². The van der Waals surface area contributed by atoms with Crippen LogP contribution in [0.25, 0.3) is 11.1 Å². The van der Waals surface area contributed by atoms with Crippen LogP contribution < -0.4 is 5.32 Å². The van der Waals surface area contributed by atoms with Gasteiger partial charge in [0.15, 0.2) is 0 Å². The minimum Gasteiger partial charge on any atom is -0.354 e. The Balaban J connectivity index is 1.78. The summed E-state index contributed by atoms with van der Waals surface area (Å²) in [6.45, 7) is 0. The van der Waals surface area contributed by atoms with Crippen LogP contribution in [0.15, 0.2) is 67.0 Å². The van der Waals surface area contributed by atoms with Crippen molar-refractivity contribution in [1.29, 1.82) is 0 Å². The fourth-order valence-corrected chi connectivity index (χ4v) is 2.87. The second-order valence-corrected chi connectivity index (χ2v) is 5.03. The Hall–Kier alpha value is -2.61. The van der Waals surface area contributed by atoms with E-state index in [2.05, 4.69) is 52.8 Å². The van der Waals surface area contributed by atoms with Crippen LogP contribution in [-0.4, -0.2) is 4.98 Å². The molecule has 0 atom stereocenters. The van der Waals surface area contributed by atoms with E-state index in [0.717, 1.165) is 12.1 Å². The van der Waals surface area contributed by atoms with E-state index in [-0.39, 0.29) is 0 Å². The van der Waals surface area contributed by atoms with E-state index >= 15 is 0 Å². The summed E-state index contributed by atoms with van der Waals surface area (Å²) in [7, 11) is 0. The average Bonchev–Trinajstić information content (AvgIpc) is 2.88. The Morgan fingerprint density at radius 1 is 0.850 bits per heavy atom. The number of anilines is 2. The van der Waals surface area contributed by atoms with E-state index in [1.165, 1.54) is 27.9 Å². The molecule has 0 unspecified atom stereocenters. The molecule has 1 aromatic heterocycles. The predicted molar refractivity (Wildman–Crippen MR) is 82.2 cm³/mol. The van der Waals surface area contributed by atoms with Gasteiger partial charge >= 0.3 is 0 Å². The molecule has 0 spiro atoms. The third-order valence-electron chi connectivity index (χ3n) is 3.79. The molecule has 2 aromatic carbocycles. The average molecular weight is 258 g/mol. The van der Waals surface area contributed by atoms with Gasteiger partial charge in [0.25, 0.3) is 0 Å². The molecule has 1 heterocycles. The Morgan fingerprint density at radius 3 is 2.65 bits per heavy atom. The van der Waals surface area contributed by atoms with Crippen LogP contribution in [0.3, 0.4) is 0 Å². The number of nitrogens with one attached hydrogen (secondary N) is 1. The molecule has 2 heteroatoms. The summed E-state index contributed by atoms with van der Waals surface area (Å²) in [6.07, 6.45) is 4.63. The van der Waals surface area contributed by atoms with Crippen molar-refractivity contribution in [3.8, 4) is 11.1 Å². The number of hydrogen-bond acceptors (Lipinski definition) is 2. The van der Waals surface area contributed by atoms with Crippen molar-refractivity contribution >= 4 is 11.4 Å². The normalized spacial score (nSPS) is 11.8. The first-order valence-corrected chi connectivity index (χ1v) is 6.79. The van der Waals surface area contributed by atoms with Crippen molar-refractivity contribution in [1.82, 2.24) is 4.98 Å². The van der Waals surface area contributed by atoms with E-state index in [0.29, 0.717) is 0 Å². The molecule has 20 heavy (non-hydrogen) atoms. The number of aromatic nitrogens is 1. The van der Waals surface area contributed by atoms with Gasteiger partial charge in [0.2, 0.25) is 0 Å². The molecule has 1 aliphatic rings. The zero-order valence-electron chi connectivity index (χ0n) is 11.0. The number of nitrogens with zero attached hydrogens (tertiary/aromatic N) is 1. The number of hydrogen-bond donors (Lipinski definition) is 1. The summed E-state index contributed by atoms with van der Waals surface area (Å²) >= 11 is 0. The van der Waals surface area contributed by atoms with Gasteiger partial charge in [-0.1, -0.05) is 36.4 Å². The minimum absolute atomic E-state index is 0.995. The number of benzene rings is 2. The summed E-state index contributed by atoms with van der Waals surface area (Å²) in [5.74, 6) is 0. The molecule has 0 aliphatic heterocycles. The summed E-state index contributed by atoms with van der Waals surface area (Å²) < 4.78 is 0. The highest BCUT2D eigenvalue weighted by Gasteiger charge is 2.20. The molecular weight excluding hydrogens is 244 g/mol. The van der Waals surface area contributed by atoms with Gasteiger partial charge in [-0.25, -0.2) is 0 Å². The Morgan fingerprint density at radius 2 is 1.75 bits per heavy atom. The van der Waals surface area contributed by atoms with Crippen LogP contribution in [-0.2, 0) is 6.42 Å². The van der Waals surface area contributed by atoms with Crippen LogP contribution in [0, 0.1) is 0 Å². The van der Waals surface area contributed by atoms with Crippen LogP contribution in [0.1, 0.15) is 11.1 Å². The molecule has 96 valence electrons. The molecule has 0 saturated heterocycles. The largest absolute Gasteiger partial charge is 0.354 e. The molecule has 0 bridgehead atoms. The highest BCUT2D eigenvalue weighted by Crippen LogP contribution is 2.40. The monoisotopic (exact) mass is 258 g/mol. The number of rotatable bonds is 2. The molecule has 0 fully saturated rings. The van der Waals surface area contributed by atoms with Gasteiger partial charge in [-0.05, 0) is 40.5 Å². The second-order valence-electron chi connectivity index (χ2n) is 5.03. The number of fused-ring (bicyclic) bond motifs is 3. The van der Waals surface area contributed by atoms with Crippen LogP contribution in [0.2, 0.25) is 0 Å². The van der Waals surface area contributed by atoms with Crippen LogP contribution in [0.5, 0.6) is 0 Å². The first kappa shape index (κ1) is 11.2. The van der Waals surface area contributed by atoms with E-state index in [1.807, 2.05) is 18.3 Å². The minimum atomic E-state index is 0.995. The summed E-state index contributed by atoms with van der Waals surface area (Å²) in [4.78, 5) is 4.15. The Labute approximate surface area is 118 Å². The maximum Gasteiger partial charge on any atom is 0.0570 e. The standard InChI is InChI=1S/C18H14N2/c1-2-7-15-13(5-1)11-17-16(15)8-3-9-18(17)20-14-6-4-10-19-12-14/h1-10,12,20H,11H2. The van der Waals surface area contributed by atoms with Crippen LogP contribution >= 0.6 is 0 Å². The third kappa shape index (κ3) is 1.77. The fraction of sp³-hybridized carbons (Fsp3) is 0.0556. The van der Waals surface area contributed by atoms with E-state index in [9.17, 15) is 0 Å². The molecule has 2 nitrogen and oxygen atoms in total. The molecule has 0 saturated carbocycles. The van der Waals surface area contributed by atoms with Crippen molar-refractivity contribution in [2.24, 2.45) is 0 Å². The third-order valence-corrected chi connectivity index (χ3v) is 3.79. The van der Waals surface area contributed by atoms with Gasteiger partial charge in [-0.2, -0.15) is 0 Å². The quantitative estimate of drug-likeness (QED) is 0.576. The van der Waals surface area contributed by atoms with Gasteiger partial charge in [0.1, 0.15) is 0 Å². The van der Waals surface area contributed by atoms with Crippen molar-refractivity contribution in [2.75, 3.05) is 5.32 Å². The van der Waals surface area contributed by atoms with E-state index in [4.69, 9.17) is 0 Å². The van der Waals surface area contributed by atoms with Crippen molar-refractivity contribution in [3.05, 3.63) is 78.1 Å². The number of pyridine rings is 1. The summed E-state index contributed by atoms with van der Waals surface area (Å²) in [6, 6.07) is 19.1. The molecule has 0 amide bonds. The molecule has 3 aromatic rings. The topological polar surface area (TPSA) is 24.9 Å². The molecule has 0 radical (unpaired) electrons. The smallest absolute Gasteiger partial charge is 0.0570 e. The fourth-order valence-electron chi connectivity index (χ4n) is 2.87. The van der Waals surface area contributed by atoms with Crippen molar-refractivity contribution < 1.29 is 0 Å². The van der Waals surface area contributed by atoms with Gasteiger partial charge in [-0.3, -0.25) is 4.98 Å². The Bertz CT molecular complexity index is 763. The van der Waals surface area contributed by atoms with Gasteiger partial charge in [-0.15, -0.1) is 0 Å². The van der Waals surface area contributed by atoms with Crippen molar-refractivity contribution in [3.63, 3.8) is 0 Å². The first-order valence-electron chi connectivity index (χ1n) is 6.79. The zero-order valence-corrected chi connectivity index (χ0v) is 11.0. The maximum atomic E-state index is 4.15. The highest BCUT2D eigenvalue weighted by atomic mass is 14.9. The molecular formula is C18H14N2. The summed E-state index contributed by atoms with van der Waals surface area (Å²) in [5.41, 5.74) is 7.68. The van der Waals surface area contributed by atoms with E-state index in [1.54, 1.807) is 6.20 Å². The SMILES string of the molecule is c1cncc(Nc2cccc3c2Cc2ccccc2-3)c1. The maximum absolute atomic E-state index is 4.15. The molecule has 1 N–H and O–H groups in total.